The number of rotatable bonds is 4. The first-order valence-electron chi connectivity index (χ1n) is 5.71. The number of benzene rings is 1. The number of carbonyl (C=O) groups excluding carboxylic acids is 1. The Morgan fingerprint density at radius 3 is 2.68 bits per heavy atom. The minimum absolute atomic E-state index is 0.126. The molecule has 0 unspecified atom stereocenters. The average Bonchev–Trinajstić information content (AvgIpc) is 2.39. The fourth-order valence-electron chi connectivity index (χ4n) is 1.46. The SMILES string of the molecule is Cc1cc(NCC(=O)Nc2ccc(Br)cc2)ncn1. The first-order valence-corrected chi connectivity index (χ1v) is 6.51. The molecule has 0 bridgehead atoms. The molecular formula is C13H13BrN4O. The Kier molecular flexibility index (Phi) is 4.46. The normalized spacial score (nSPS) is 10.0. The van der Waals surface area contributed by atoms with E-state index >= 15 is 0 Å². The third-order valence-corrected chi connectivity index (χ3v) is 2.89. The Morgan fingerprint density at radius 1 is 1.26 bits per heavy atom. The van der Waals surface area contributed by atoms with E-state index in [-0.39, 0.29) is 12.5 Å². The molecule has 1 heterocycles. The van der Waals surface area contributed by atoms with Crippen molar-refractivity contribution in [3.63, 3.8) is 0 Å². The number of hydrogen-bond donors (Lipinski definition) is 2. The summed E-state index contributed by atoms with van der Waals surface area (Å²) in [6.45, 7) is 2.03. The van der Waals surface area contributed by atoms with Crippen LogP contribution in [0.1, 0.15) is 5.69 Å². The van der Waals surface area contributed by atoms with Crippen LogP contribution in [0.5, 0.6) is 0 Å². The molecule has 0 aliphatic rings. The van der Waals surface area contributed by atoms with Crippen molar-refractivity contribution in [2.75, 3.05) is 17.2 Å². The number of amides is 1. The Bertz CT molecular complexity index is 571. The minimum Gasteiger partial charge on any atom is -0.361 e. The number of nitrogens with zero attached hydrogens (tertiary/aromatic N) is 2. The number of hydrogen-bond acceptors (Lipinski definition) is 4. The Balaban J connectivity index is 1.86. The summed E-state index contributed by atoms with van der Waals surface area (Å²) in [7, 11) is 0. The monoisotopic (exact) mass is 320 g/mol. The van der Waals surface area contributed by atoms with E-state index < -0.39 is 0 Å². The molecule has 0 fully saturated rings. The highest BCUT2D eigenvalue weighted by Crippen LogP contribution is 2.13. The lowest BCUT2D eigenvalue weighted by molar-refractivity contribution is -0.114. The molecule has 98 valence electrons. The molecule has 0 saturated heterocycles. The molecule has 0 aliphatic carbocycles. The lowest BCUT2D eigenvalue weighted by Gasteiger charge is -2.07. The van der Waals surface area contributed by atoms with Gasteiger partial charge in [0.1, 0.15) is 12.1 Å². The maximum atomic E-state index is 11.7. The fraction of sp³-hybridized carbons (Fsp3) is 0.154. The van der Waals surface area contributed by atoms with E-state index in [1.54, 1.807) is 6.07 Å². The number of aromatic nitrogens is 2. The number of halogens is 1. The van der Waals surface area contributed by atoms with Gasteiger partial charge in [0.25, 0.3) is 0 Å². The molecule has 2 aromatic rings. The summed E-state index contributed by atoms with van der Waals surface area (Å²) in [6, 6.07) is 9.19. The second kappa shape index (κ2) is 6.29. The number of carbonyl (C=O) groups is 1. The molecule has 0 saturated carbocycles. The van der Waals surface area contributed by atoms with Crippen LogP contribution in [0.4, 0.5) is 11.5 Å². The summed E-state index contributed by atoms with van der Waals surface area (Å²) >= 11 is 3.34. The van der Waals surface area contributed by atoms with Gasteiger partial charge in [-0.25, -0.2) is 9.97 Å². The van der Waals surface area contributed by atoms with Gasteiger partial charge in [-0.1, -0.05) is 15.9 Å². The van der Waals surface area contributed by atoms with E-state index in [2.05, 4.69) is 36.5 Å². The van der Waals surface area contributed by atoms with Crippen LogP contribution in [-0.4, -0.2) is 22.4 Å². The largest absolute Gasteiger partial charge is 0.361 e. The molecule has 6 heteroatoms. The molecule has 0 spiro atoms. The smallest absolute Gasteiger partial charge is 0.243 e. The van der Waals surface area contributed by atoms with Crippen molar-refractivity contribution in [2.45, 2.75) is 6.92 Å². The van der Waals surface area contributed by atoms with Gasteiger partial charge in [-0.15, -0.1) is 0 Å². The third-order valence-electron chi connectivity index (χ3n) is 2.36. The number of nitrogens with one attached hydrogen (secondary N) is 2. The molecular weight excluding hydrogens is 308 g/mol. The standard InChI is InChI=1S/C13H13BrN4O/c1-9-6-12(17-8-16-9)15-7-13(19)18-11-4-2-10(14)3-5-11/h2-6,8H,7H2,1H3,(H,18,19)(H,15,16,17). The highest BCUT2D eigenvalue weighted by atomic mass is 79.9. The van der Waals surface area contributed by atoms with Gasteiger partial charge in [0, 0.05) is 21.9 Å². The summed E-state index contributed by atoms with van der Waals surface area (Å²) in [4.78, 5) is 19.7. The average molecular weight is 321 g/mol. The molecule has 19 heavy (non-hydrogen) atoms. The fourth-order valence-corrected chi connectivity index (χ4v) is 1.72. The van der Waals surface area contributed by atoms with Crippen molar-refractivity contribution in [3.05, 3.63) is 46.8 Å². The van der Waals surface area contributed by atoms with Crippen molar-refractivity contribution in [1.29, 1.82) is 0 Å². The van der Waals surface area contributed by atoms with Crippen LogP contribution >= 0.6 is 15.9 Å². The first kappa shape index (κ1) is 13.5. The van der Waals surface area contributed by atoms with E-state index in [1.807, 2.05) is 31.2 Å². The van der Waals surface area contributed by atoms with Crippen LogP contribution in [0.3, 0.4) is 0 Å². The number of aryl methyl sites for hydroxylation is 1. The van der Waals surface area contributed by atoms with E-state index in [0.717, 1.165) is 15.9 Å². The van der Waals surface area contributed by atoms with Gasteiger partial charge in [0.15, 0.2) is 0 Å². The molecule has 0 atom stereocenters. The maximum absolute atomic E-state index is 11.7. The predicted octanol–water partition coefficient (Wildman–Crippen LogP) is 2.60. The van der Waals surface area contributed by atoms with Gasteiger partial charge in [-0.3, -0.25) is 4.79 Å². The molecule has 1 aromatic heterocycles. The molecule has 0 aliphatic heterocycles. The Morgan fingerprint density at radius 2 is 2.00 bits per heavy atom. The maximum Gasteiger partial charge on any atom is 0.243 e. The van der Waals surface area contributed by atoms with Crippen molar-refractivity contribution < 1.29 is 4.79 Å². The minimum atomic E-state index is -0.126. The molecule has 2 N–H and O–H groups in total. The molecule has 1 aromatic carbocycles. The second-order valence-electron chi connectivity index (χ2n) is 3.95. The van der Waals surface area contributed by atoms with Crippen LogP contribution in [0, 0.1) is 6.92 Å². The zero-order valence-electron chi connectivity index (χ0n) is 10.4. The van der Waals surface area contributed by atoms with E-state index in [1.165, 1.54) is 6.33 Å². The summed E-state index contributed by atoms with van der Waals surface area (Å²) in [5, 5.41) is 5.73. The number of anilines is 2. The first-order chi connectivity index (χ1) is 9.13. The van der Waals surface area contributed by atoms with E-state index in [9.17, 15) is 4.79 Å². The van der Waals surface area contributed by atoms with Crippen molar-refractivity contribution in [3.8, 4) is 0 Å². The molecule has 2 rings (SSSR count). The van der Waals surface area contributed by atoms with Gasteiger partial charge in [0.05, 0.1) is 6.54 Å². The Labute approximate surface area is 119 Å². The molecule has 1 amide bonds. The predicted molar refractivity (Wildman–Crippen MR) is 78.0 cm³/mol. The third kappa shape index (κ3) is 4.33. The van der Waals surface area contributed by atoms with Crippen LogP contribution in [0.15, 0.2) is 41.1 Å². The van der Waals surface area contributed by atoms with Crippen molar-refractivity contribution >= 4 is 33.3 Å². The summed E-state index contributed by atoms with van der Waals surface area (Å²) in [6.07, 6.45) is 1.46. The van der Waals surface area contributed by atoms with Gasteiger partial charge in [-0.05, 0) is 31.2 Å². The zero-order chi connectivity index (χ0) is 13.7. The molecule has 5 nitrogen and oxygen atoms in total. The van der Waals surface area contributed by atoms with Gasteiger partial charge < -0.3 is 10.6 Å². The van der Waals surface area contributed by atoms with Crippen molar-refractivity contribution in [1.82, 2.24) is 9.97 Å². The Hall–Kier alpha value is -1.95. The topological polar surface area (TPSA) is 66.9 Å². The second-order valence-corrected chi connectivity index (χ2v) is 4.87. The highest BCUT2D eigenvalue weighted by Gasteiger charge is 2.03. The summed E-state index contributed by atoms with van der Waals surface area (Å²) in [5.41, 5.74) is 1.61. The lowest BCUT2D eigenvalue weighted by Crippen LogP contribution is -2.22. The van der Waals surface area contributed by atoms with Gasteiger partial charge >= 0.3 is 0 Å². The highest BCUT2D eigenvalue weighted by molar-refractivity contribution is 9.10. The summed E-state index contributed by atoms with van der Waals surface area (Å²) in [5.74, 6) is 0.511. The van der Waals surface area contributed by atoms with Gasteiger partial charge in [-0.2, -0.15) is 0 Å². The zero-order valence-corrected chi connectivity index (χ0v) is 11.9. The van der Waals surface area contributed by atoms with Crippen LogP contribution in [0.25, 0.3) is 0 Å². The van der Waals surface area contributed by atoms with E-state index in [0.29, 0.717) is 5.82 Å². The van der Waals surface area contributed by atoms with E-state index in [4.69, 9.17) is 0 Å². The van der Waals surface area contributed by atoms with Crippen LogP contribution in [-0.2, 0) is 4.79 Å². The van der Waals surface area contributed by atoms with Crippen LogP contribution in [0.2, 0.25) is 0 Å². The summed E-state index contributed by atoms with van der Waals surface area (Å²) < 4.78 is 0.972. The van der Waals surface area contributed by atoms with Gasteiger partial charge in [0.2, 0.25) is 5.91 Å². The van der Waals surface area contributed by atoms with Crippen LogP contribution < -0.4 is 10.6 Å². The van der Waals surface area contributed by atoms with Crippen molar-refractivity contribution in [2.24, 2.45) is 0 Å². The molecule has 0 radical (unpaired) electrons. The lowest BCUT2D eigenvalue weighted by atomic mass is 10.3. The quantitative estimate of drug-likeness (QED) is 0.908.